The van der Waals surface area contributed by atoms with Gasteiger partial charge in [-0.15, -0.1) is 11.3 Å². The first-order valence-electron chi connectivity index (χ1n) is 4.14. The third kappa shape index (κ3) is 1.61. The normalized spacial score (nSPS) is 10.4. The van der Waals surface area contributed by atoms with Crippen LogP contribution >= 0.6 is 11.3 Å². The van der Waals surface area contributed by atoms with E-state index in [4.69, 9.17) is 5.73 Å². The Morgan fingerprint density at radius 2 is 2.21 bits per heavy atom. The van der Waals surface area contributed by atoms with Crippen LogP contribution in [-0.2, 0) is 0 Å². The van der Waals surface area contributed by atoms with Gasteiger partial charge in [0.2, 0.25) is 0 Å². The van der Waals surface area contributed by atoms with Crippen molar-refractivity contribution in [3.05, 3.63) is 34.4 Å². The Morgan fingerprint density at radius 1 is 1.43 bits per heavy atom. The van der Waals surface area contributed by atoms with Crippen LogP contribution in [0.3, 0.4) is 0 Å². The lowest BCUT2D eigenvalue weighted by atomic mass is 10.1. The fraction of sp³-hybridized carbons (Fsp3) is 0.100. The first-order chi connectivity index (χ1) is 6.66. The Labute approximate surface area is 85.2 Å². The molecule has 0 saturated heterocycles. The Kier molecular flexibility index (Phi) is 2.21. The van der Waals surface area contributed by atoms with Crippen molar-refractivity contribution < 1.29 is 4.39 Å². The van der Waals surface area contributed by atoms with Crippen molar-refractivity contribution in [2.24, 2.45) is 0 Å². The molecule has 0 unspecified atom stereocenters. The monoisotopic (exact) mass is 208 g/mol. The number of halogens is 1. The van der Waals surface area contributed by atoms with Gasteiger partial charge in [0.25, 0.3) is 0 Å². The summed E-state index contributed by atoms with van der Waals surface area (Å²) in [7, 11) is 0. The average molecular weight is 208 g/mol. The fourth-order valence-corrected chi connectivity index (χ4v) is 1.84. The van der Waals surface area contributed by atoms with Crippen LogP contribution in [0.4, 0.5) is 10.1 Å². The lowest BCUT2D eigenvalue weighted by Gasteiger charge is -2.00. The molecule has 14 heavy (non-hydrogen) atoms. The van der Waals surface area contributed by atoms with E-state index in [2.05, 4.69) is 4.98 Å². The van der Waals surface area contributed by atoms with E-state index in [1.807, 2.05) is 12.3 Å². The van der Waals surface area contributed by atoms with Gasteiger partial charge in [-0.05, 0) is 25.1 Å². The van der Waals surface area contributed by atoms with E-state index in [1.54, 1.807) is 6.07 Å². The second-order valence-corrected chi connectivity index (χ2v) is 4.05. The van der Waals surface area contributed by atoms with Gasteiger partial charge < -0.3 is 5.73 Å². The summed E-state index contributed by atoms with van der Waals surface area (Å²) in [6.45, 7) is 1.89. The third-order valence-electron chi connectivity index (χ3n) is 1.89. The molecule has 2 rings (SSSR count). The number of nitrogens with zero attached hydrogens (tertiary/aromatic N) is 1. The zero-order valence-electron chi connectivity index (χ0n) is 7.62. The van der Waals surface area contributed by atoms with E-state index in [0.29, 0.717) is 16.9 Å². The molecule has 1 heterocycles. The van der Waals surface area contributed by atoms with Crippen LogP contribution in [0, 0.1) is 12.7 Å². The number of hydrogen-bond donors (Lipinski definition) is 1. The van der Waals surface area contributed by atoms with Crippen LogP contribution in [0.25, 0.3) is 11.3 Å². The van der Waals surface area contributed by atoms with E-state index in [0.717, 1.165) is 5.01 Å². The molecule has 0 amide bonds. The molecule has 0 atom stereocenters. The maximum Gasteiger partial charge on any atom is 0.132 e. The van der Waals surface area contributed by atoms with Crippen LogP contribution in [-0.4, -0.2) is 4.98 Å². The molecule has 0 aliphatic rings. The first kappa shape index (κ1) is 9.15. The largest absolute Gasteiger partial charge is 0.399 e. The van der Waals surface area contributed by atoms with Crippen LogP contribution in [0.2, 0.25) is 0 Å². The Morgan fingerprint density at radius 3 is 2.86 bits per heavy atom. The smallest absolute Gasteiger partial charge is 0.132 e. The molecule has 0 aliphatic carbocycles. The summed E-state index contributed by atoms with van der Waals surface area (Å²) in [4.78, 5) is 4.21. The summed E-state index contributed by atoms with van der Waals surface area (Å²) in [5.74, 6) is -0.287. The number of rotatable bonds is 1. The van der Waals surface area contributed by atoms with Crippen molar-refractivity contribution >= 4 is 17.0 Å². The molecule has 0 bridgehead atoms. The fourth-order valence-electron chi connectivity index (χ4n) is 1.23. The average Bonchev–Trinajstić information content (AvgIpc) is 2.56. The standard InChI is InChI=1S/C10H9FN2S/c1-6-13-10(5-14-6)8-4-7(12)2-3-9(8)11/h2-5H,12H2,1H3. The quantitative estimate of drug-likeness (QED) is 0.732. The van der Waals surface area contributed by atoms with Gasteiger partial charge in [0.1, 0.15) is 5.82 Å². The number of thiazole rings is 1. The minimum Gasteiger partial charge on any atom is -0.399 e. The van der Waals surface area contributed by atoms with Gasteiger partial charge in [0, 0.05) is 16.6 Å². The topological polar surface area (TPSA) is 38.9 Å². The second kappa shape index (κ2) is 3.38. The molecular formula is C10H9FN2S. The first-order valence-corrected chi connectivity index (χ1v) is 5.02. The van der Waals surface area contributed by atoms with Crippen LogP contribution in [0.5, 0.6) is 0 Å². The SMILES string of the molecule is Cc1nc(-c2cc(N)ccc2F)cs1. The number of anilines is 1. The molecule has 1 aromatic carbocycles. The highest BCUT2D eigenvalue weighted by Gasteiger charge is 2.07. The third-order valence-corrected chi connectivity index (χ3v) is 2.66. The molecule has 0 fully saturated rings. The van der Waals surface area contributed by atoms with Gasteiger partial charge in [0.15, 0.2) is 0 Å². The molecular weight excluding hydrogens is 199 g/mol. The minimum atomic E-state index is -0.287. The van der Waals surface area contributed by atoms with Gasteiger partial charge in [-0.25, -0.2) is 9.37 Å². The van der Waals surface area contributed by atoms with E-state index in [1.165, 1.54) is 23.5 Å². The number of hydrogen-bond acceptors (Lipinski definition) is 3. The molecule has 2 aromatic rings. The van der Waals surface area contributed by atoms with Crippen LogP contribution < -0.4 is 5.73 Å². The minimum absolute atomic E-state index is 0.287. The number of nitrogen functional groups attached to an aromatic ring is 1. The summed E-state index contributed by atoms with van der Waals surface area (Å²) in [6.07, 6.45) is 0. The van der Waals surface area contributed by atoms with Crippen molar-refractivity contribution in [3.63, 3.8) is 0 Å². The number of nitrogens with two attached hydrogens (primary N) is 1. The second-order valence-electron chi connectivity index (χ2n) is 2.99. The van der Waals surface area contributed by atoms with Crippen molar-refractivity contribution in [1.29, 1.82) is 0 Å². The van der Waals surface area contributed by atoms with Crippen molar-refractivity contribution in [1.82, 2.24) is 4.98 Å². The maximum absolute atomic E-state index is 13.4. The highest BCUT2D eigenvalue weighted by Crippen LogP contribution is 2.25. The van der Waals surface area contributed by atoms with Gasteiger partial charge in [-0.3, -0.25) is 0 Å². The summed E-state index contributed by atoms with van der Waals surface area (Å²) < 4.78 is 13.4. The van der Waals surface area contributed by atoms with Crippen LogP contribution in [0.15, 0.2) is 23.6 Å². The summed E-state index contributed by atoms with van der Waals surface area (Å²) in [5.41, 5.74) is 7.25. The van der Waals surface area contributed by atoms with E-state index >= 15 is 0 Å². The van der Waals surface area contributed by atoms with Crippen LogP contribution in [0.1, 0.15) is 5.01 Å². The van der Waals surface area contributed by atoms with Gasteiger partial charge in [0.05, 0.1) is 10.7 Å². The van der Waals surface area contributed by atoms with E-state index in [9.17, 15) is 4.39 Å². The molecule has 1 aromatic heterocycles. The summed E-state index contributed by atoms with van der Waals surface area (Å²) in [6, 6.07) is 4.50. The predicted molar refractivity (Wildman–Crippen MR) is 56.7 cm³/mol. The molecule has 0 radical (unpaired) electrons. The Hall–Kier alpha value is -1.42. The van der Waals surface area contributed by atoms with Gasteiger partial charge in [-0.2, -0.15) is 0 Å². The molecule has 2 N–H and O–H groups in total. The van der Waals surface area contributed by atoms with Gasteiger partial charge >= 0.3 is 0 Å². The predicted octanol–water partition coefficient (Wildman–Crippen LogP) is 2.84. The molecule has 4 heteroatoms. The zero-order valence-corrected chi connectivity index (χ0v) is 8.44. The zero-order chi connectivity index (χ0) is 10.1. The highest BCUT2D eigenvalue weighted by atomic mass is 32.1. The number of aromatic nitrogens is 1. The highest BCUT2D eigenvalue weighted by molar-refractivity contribution is 7.09. The van der Waals surface area contributed by atoms with E-state index < -0.39 is 0 Å². The molecule has 0 aliphatic heterocycles. The lowest BCUT2D eigenvalue weighted by Crippen LogP contribution is -1.89. The Balaban J connectivity index is 2.55. The lowest BCUT2D eigenvalue weighted by molar-refractivity contribution is 0.631. The van der Waals surface area contributed by atoms with Crippen molar-refractivity contribution in [2.75, 3.05) is 5.73 Å². The summed E-state index contributed by atoms with van der Waals surface area (Å²) in [5, 5.41) is 2.74. The van der Waals surface area contributed by atoms with Crippen molar-refractivity contribution in [2.45, 2.75) is 6.92 Å². The van der Waals surface area contributed by atoms with Gasteiger partial charge in [-0.1, -0.05) is 0 Å². The maximum atomic E-state index is 13.4. The van der Waals surface area contributed by atoms with Crippen molar-refractivity contribution in [3.8, 4) is 11.3 Å². The molecule has 0 saturated carbocycles. The van der Waals surface area contributed by atoms with E-state index in [-0.39, 0.29) is 5.82 Å². The molecule has 72 valence electrons. The molecule has 2 nitrogen and oxygen atoms in total. The Bertz CT molecular complexity index is 465. The number of aryl methyl sites for hydroxylation is 1. The summed E-state index contributed by atoms with van der Waals surface area (Å²) >= 11 is 1.50. The molecule has 0 spiro atoms. The number of benzene rings is 1.